The third kappa shape index (κ3) is 2.17. The molecule has 4 saturated carbocycles. The molecule has 2 bridgehead atoms. The van der Waals surface area contributed by atoms with E-state index in [2.05, 4.69) is 15.2 Å². The molecule has 6 rings (SSSR count). The summed E-state index contributed by atoms with van der Waals surface area (Å²) in [6, 6.07) is 3.67. The molecule has 0 aromatic carbocycles. The Labute approximate surface area is 142 Å². The van der Waals surface area contributed by atoms with Crippen LogP contribution < -0.4 is 5.32 Å². The van der Waals surface area contributed by atoms with Gasteiger partial charge in [-0.1, -0.05) is 0 Å². The maximum Gasteiger partial charge on any atom is 0.255 e. The molecule has 24 heavy (non-hydrogen) atoms. The van der Waals surface area contributed by atoms with E-state index in [1.807, 2.05) is 12.1 Å². The second-order valence-corrected chi connectivity index (χ2v) is 8.09. The Morgan fingerprint density at radius 1 is 1.12 bits per heavy atom. The monoisotopic (exact) mass is 327 g/mol. The number of carbonyl (C=O) groups excluding carboxylic acids is 1. The number of fused-ring (bicyclic) bond motifs is 1. The van der Waals surface area contributed by atoms with E-state index in [1.54, 1.807) is 6.20 Å². The number of aromatic nitrogens is 1. The van der Waals surface area contributed by atoms with Gasteiger partial charge in [-0.25, -0.2) is 4.98 Å². The van der Waals surface area contributed by atoms with Crippen molar-refractivity contribution in [1.82, 2.24) is 9.88 Å². The van der Waals surface area contributed by atoms with Crippen LogP contribution in [0.3, 0.4) is 0 Å². The van der Waals surface area contributed by atoms with Crippen LogP contribution in [0.4, 0.5) is 5.82 Å². The minimum absolute atomic E-state index is 0.0727. The quantitative estimate of drug-likeness (QED) is 0.886. The first-order valence-corrected chi connectivity index (χ1v) is 9.36. The van der Waals surface area contributed by atoms with Crippen molar-refractivity contribution in [1.29, 1.82) is 0 Å². The predicted molar refractivity (Wildman–Crippen MR) is 90.5 cm³/mol. The van der Waals surface area contributed by atoms with Crippen LogP contribution in [0, 0.1) is 35.5 Å². The molecule has 5 aliphatic rings. The number of carbonyl (C=O) groups is 1. The Morgan fingerprint density at radius 2 is 1.83 bits per heavy atom. The van der Waals surface area contributed by atoms with Crippen LogP contribution in [-0.4, -0.2) is 47.1 Å². The molecule has 6 atom stereocenters. The molecule has 1 aliphatic heterocycles. The van der Waals surface area contributed by atoms with Crippen LogP contribution in [-0.2, 0) is 0 Å². The van der Waals surface area contributed by atoms with E-state index < -0.39 is 0 Å². The van der Waals surface area contributed by atoms with Crippen LogP contribution in [0.5, 0.6) is 0 Å². The molecule has 1 saturated heterocycles. The summed E-state index contributed by atoms with van der Waals surface area (Å²) in [7, 11) is 0. The van der Waals surface area contributed by atoms with Gasteiger partial charge < -0.3 is 15.3 Å². The molecule has 4 aliphatic carbocycles. The van der Waals surface area contributed by atoms with Crippen molar-refractivity contribution in [2.75, 3.05) is 31.6 Å². The lowest BCUT2D eigenvalue weighted by atomic mass is 9.60. The number of nitrogens with zero attached hydrogens (tertiary/aromatic N) is 2. The number of anilines is 1. The number of hydrogen-bond donors (Lipinski definition) is 2. The third-order valence-corrected chi connectivity index (χ3v) is 7.05. The number of aliphatic hydroxyl groups excluding tert-OH is 1. The smallest absolute Gasteiger partial charge is 0.255 e. The van der Waals surface area contributed by atoms with E-state index in [-0.39, 0.29) is 12.5 Å². The highest BCUT2D eigenvalue weighted by Crippen LogP contribution is 2.67. The lowest BCUT2D eigenvalue weighted by molar-refractivity contribution is 0.0464. The second-order valence-electron chi connectivity index (χ2n) is 8.09. The van der Waals surface area contributed by atoms with Gasteiger partial charge in [-0.15, -0.1) is 0 Å². The molecule has 1 aromatic heterocycles. The van der Waals surface area contributed by atoms with E-state index >= 15 is 0 Å². The molecule has 5 fully saturated rings. The molecule has 0 radical (unpaired) electrons. The van der Waals surface area contributed by atoms with Gasteiger partial charge in [-0.05, 0) is 66.9 Å². The summed E-state index contributed by atoms with van der Waals surface area (Å²) in [5.74, 6) is 6.14. The maximum atomic E-state index is 12.9. The zero-order chi connectivity index (χ0) is 16.3. The largest absolute Gasteiger partial charge is 0.395 e. The van der Waals surface area contributed by atoms with Crippen molar-refractivity contribution in [3.63, 3.8) is 0 Å². The van der Waals surface area contributed by atoms with Crippen LogP contribution >= 0.6 is 0 Å². The summed E-state index contributed by atoms with van der Waals surface area (Å²) < 4.78 is 0. The zero-order valence-electron chi connectivity index (χ0n) is 13.9. The highest BCUT2D eigenvalue weighted by Gasteiger charge is 2.63. The standard InChI is InChI=1S/C19H25N3O2/c23-6-5-20-18-4-1-11(8-21-18)19(24)22-9-16-12-2-3-13(17(16)10-22)15-7-14(12)15/h1,4,8,12-17,23H,2-3,5-7,9-10H2,(H,20,21). The number of amides is 1. The van der Waals surface area contributed by atoms with Gasteiger partial charge in [-0.2, -0.15) is 0 Å². The maximum absolute atomic E-state index is 12.9. The van der Waals surface area contributed by atoms with Gasteiger partial charge in [0.05, 0.1) is 12.2 Å². The Kier molecular flexibility index (Phi) is 3.34. The highest BCUT2D eigenvalue weighted by molar-refractivity contribution is 5.94. The van der Waals surface area contributed by atoms with E-state index in [4.69, 9.17) is 5.11 Å². The molecular formula is C19H25N3O2. The van der Waals surface area contributed by atoms with Crippen molar-refractivity contribution < 1.29 is 9.90 Å². The Hall–Kier alpha value is -1.62. The molecule has 5 heteroatoms. The number of rotatable bonds is 4. The van der Waals surface area contributed by atoms with Gasteiger partial charge in [0.1, 0.15) is 5.82 Å². The minimum Gasteiger partial charge on any atom is -0.395 e. The molecule has 1 amide bonds. The Morgan fingerprint density at radius 3 is 2.42 bits per heavy atom. The van der Waals surface area contributed by atoms with Crippen molar-refractivity contribution >= 4 is 11.7 Å². The Bertz CT molecular complexity index is 623. The zero-order valence-corrected chi connectivity index (χ0v) is 13.9. The van der Waals surface area contributed by atoms with Gasteiger partial charge in [0.25, 0.3) is 5.91 Å². The van der Waals surface area contributed by atoms with Crippen molar-refractivity contribution in [3.05, 3.63) is 23.9 Å². The molecule has 1 aromatic rings. The molecule has 2 N–H and O–H groups in total. The summed E-state index contributed by atoms with van der Waals surface area (Å²) in [5.41, 5.74) is 0.681. The number of aliphatic hydroxyl groups is 1. The summed E-state index contributed by atoms with van der Waals surface area (Å²) >= 11 is 0. The third-order valence-electron chi connectivity index (χ3n) is 7.05. The fourth-order valence-corrected chi connectivity index (χ4v) is 6.01. The summed E-state index contributed by atoms with van der Waals surface area (Å²) in [6.45, 7) is 2.46. The number of pyridine rings is 1. The van der Waals surface area contributed by atoms with Crippen molar-refractivity contribution in [2.45, 2.75) is 19.3 Å². The van der Waals surface area contributed by atoms with E-state index in [0.29, 0.717) is 17.9 Å². The second kappa shape index (κ2) is 5.45. The normalized spacial score (nSPS) is 38.6. The van der Waals surface area contributed by atoms with E-state index in [0.717, 1.165) is 48.6 Å². The first kappa shape index (κ1) is 14.7. The topological polar surface area (TPSA) is 65.5 Å². The molecule has 2 heterocycles. The number of nitrogens with one attached hydrogen (secondary N) is 1. The van der Waals surface area contributed by atoms with Crippen LogP contribution in [0.2, 0.25) is 0 Å². The first-order chi connectivity index (χ1) is 11.8. The lowest BCUT2D eigenvalue weighted by Gasteiger charge is -2.44. The SMILES string of the molecule is O=C(c1ccc(NCCO)nc1)N1CC2C3CCC(C4CC34)C2C1. The van der Waals surface area contributed by atoms with Crippen molar-refractivity contribution in [2.24, 2.45) is 35.5 Å². The fraction of sp³-hybridized carbons (Fsp3) is 0.684. The Balaban J connectivity index is 1.29. The molecule has 0 spiro atoms. The van der Waals surface area contributed by atoms with E-state index in [9.17, 15) is 4.79 Å². The number of likely N-dealkylation sites (tertiary alicyclic amines) is 1. The molecule has 128 valence electrons. The fourth-order valence-electron chi connectivity index (χ4n) is 6.01. The highest BCUT2D eigenvalue weighted by atomic mass is 16.3. The molecule has 5 nitrogen and oxygen atoms in total. The summed E-state index contributed by atoms with van der Waals surface area (Å²) in [5, 5.41) is 11.8. The molecule has 6 unspecified atom stereocenters. The average molecular weight is 327 g/mol. The van der Waals surface area contributed by atoms with Gasteiger partial charge in [0.2, 0.25) is 0 Å². The number of hydrogen-bond acceptors (Lipinski definition) is 4. The summed E-state index contributed by atoms with van der Waals surface area (Å²) in [4.78, 5) is 19.2. The summed E-state index contributed by atoms with van der Waals surface area (Å²) in [6.07, 6.45) is 5.95. The van der Waals surface area contributed by atoms with Gasteiger partial charge in [0.15, 0.2) is 0 Å². The first-order valence-electron chi connectivity index (χ1n) is 9.36. The predicted octanol–water partition coefficient (Wildman–Crippen LogP) is 1.85. The average Bonchev–Trinajstić information content (AvgIpc) is 3.32. The van der Waals surface area contributed by atoms with Gasteiger partial charge >= 0.3 is 0 Å². The molecular weight excluding hydrogens is 302 g/mol. The van der Waals surface area contributed by atoms with E-state index in [1.165, 1.54) is 19.3 Å². The van der Waals surface area contributed by atoms with Crippen molar-refractivity contribution in [3.8, 4) is 0 Å². The van der Waals surface area contributed by atoms with Crippen LogP contribution in [0.15, 0.2) is 18.3 Å². The van der Waals surface area contributed by atoms with Crippen LogP contribution in [0.1, 0.15) is 29.6 Å². The van der Waals surface area contributed by atoms with Gasteiger partial charge in [0, 0.05) is 25.8 Å². The minimum atomic E-state index is 0.0727. The van der Waals surface area contributed by atoms with Gasteiger partial charge in [-0.3, -0.25) is 4.79 Å². The van der Waals surface area contributed by atoms with Crippen LogP contribution in [0.25, 0.3) is 0 Å². The lowest BCUT2D eigenvalue weighted by Crippen LogP contribution is -2.40.